The lowest BCUT2D eigenvalue weighted by molar-refractivity contribution is 0.0836. The first-order valence-electron chi connectivity index (χ1n) is 6.72. The van der Waals surface area contributed by atoms with Gasteiger partial charge in [0.25, 0.3) is 0 Å². The monoisotopic (exact) mass is 311 g/mol. The van der Waals surface area contributed by atoms with Gasteiger partial charge in [-0.05, 0) is 6.26 Å². The Labute approximate surface area is 127 Å². The first-order valence-corrected chi connectivity index (χ1v) is 8.11. The molecule has 0 fully saturated rings. The SMILES string of the molecule is CSC[C@H](O)C(CO)CNCc1c[nH]c2c(N)ncnc12. The van der Waals surface area contributed by atoms with Gasteiger partial charge in [-0.2, -0.15) is 11.8 Å². The minimum Gasteiger partial charge on any atom is -0.396 e. The van der Waals surface area contributed by atoms with Crippen LogP contribution in [0.25, 0.3) is 11.0 Å². The van der Waals surface area contributed by atoms with Crippen LogP contribution in [-0.2, 0) is 6.54 Å². The number of hydrogen-bond donors (Lipinski definition) is 5. The van der Waals surface area contributed by atoms with E-state index < -0.39 is 6.10 Å². The van der Waals surface area contributed by atoms with E-state index >= 15 is 0 Å². The quantitative estimate of drug-likeness (QED) is 0.464. The zero-order chi connectivity index (χ0) is 15.2. The fourth-order valence-electron chi connectivity index (χ4n) is 2.17. The first-order chi connectivity index (χ1) is 10.2. The Bertz CT molecular complexity index is 577. The summed E-state index contributed by atoms with van der Waals surface area (Å²) in [5.41, 5.74) is 8.28. The zero-order valence-corrected chi connectivity index (χ0v) is 12.7. The van der Waals surface area contributed by atoms with E-state index in [-0.39, 0.29) is 12.5 Å². The number of H-pyrrole nitrogens is 1. The second-order valence-corrected chi connectivity index (χ2v) is 5.80. The molecule has 6 N–H and O–H groups in total. The second-order valence-electron chi connectivity index (χ2n) is 4.89. The number of aromatic amines is 1. The van der Waals surface area contributed by atoms with Gasteiger partial charge in [0, 0.05) is 43.1 Å². The molecule has 2 heterocycles. The molecule has 2 atom stereocenters. The van der Waals surface area contributed by atoms with Gasteiger partial charge in [0.2, 0.25) is 0 Å². The number of thioether (sulfide) groups is 1. The summed E-state index contributed by atoms with van der Waals surface area (Å²) in [6.45, 7) is 1.07. The number of nitrogens with zero attached hydrogens (tertiary/aromatic N) is 2. The Morgan fingerprint density at radius 2 is 2.29 bits per heavy atom. The highest BCUT2D eigenvalue weighted by Gasteiger charge is 2.17. The lowest BCUT2D eigenvalue weighted by Crippen LogP contribution is -2.35. The molecule has 0 amide bonds. The molecule has 0 radical (unpaired) electrons. The molecule has 116 valence electrons. The molecule has 0 saturated heterocycles. The average Bonchev–Trinajstić information content (AvgIpc) is 2.88. The van der Waals surface area contributed by atoms with Crippen molar-refractivity contribution in [1.29, 1.82) is 0 Å². The number of rotatable bonds is 8. The zero-order valence-electron chi connectivity index (χ0n) is 11.9. The van der Waals surface area contributed by atoms with E-state index in [1.807, 2.05) is 12.5 Å². The molecule has 2 aromatic heterocycles. The van der Waals surface area contributed by atoms with Crippen LogP contribution in [0.15, 0.2) is 12.5 Å². The van der Waals surface area contributed by atoms with Crippen LogP contribution in [0.1, 0.15) is 5.56 Å². The van der Waals surface area contributed by atoms with Crippen molar-refractivity contribution in [2.75, 3.05) is 30.9 Å². The van der Waals surface area contributed by atoms with Crippen molar-refractivity contribution < 1.29 is 10.2 Å². The van der Waals surface area contributed by atoms with E-state index in [4.69, 9.17) is 5.73 Å². The van der Waals surface area contributed by atoms with Gasteiger partial charge in [0.1, 0.15) is 11.8 Å². The molecule has 0 aliphatic rings. The Kier molecular flexibility index (Phi) is 5.80. The van der Waals surface area contributed by atoms with Crippen molar-refractivity contribution in [3.05, 3.63) is 18.1 Å². The topological polar surface area (TPSA) is 120 Å². The fourth-order valence-corrected chi connectivity index (χ4v) is 2.78. The summed E-state index contributed by atoms with van der Waals surface area (Å²) in [6, 6.07) is 0. The van der Waals surface area contributed by atoms with E-state index in [1.165, 1.54) is 6.33 Å². The smallest absolute Gasteiger partial charge is 0.151 e. The third-order valence-electron chi connectivity index (χ3n) is 3.41. The molecule has 0 aromatic carbocycles. The lowest BCUT2D eigenvalue weighted by Gasteiger charge is -2.20. The van der Waals surface area contributed by atoms with Crippen LogP contribution < -0.4 is 11.1 Å². The highest BCUT2D eigenvalue weighted by atomic mass is 32.2. The molecule has 2 rings (SSSR count). The van der Waals surface area contributed by atoms with Crippen molar-refractivity contribution in [2.45, 2.75) is 12.6 Å². The molecule has 8 heteroatoms. The summed E-state index contributed by atoms with van der Waals surface area (Å²) in [5, 5.41) is 22.5. The van der Waals surface area contributed by atoms with Crippen LogP contribution >= 0.6 is 11.8 Å². The van der Waals surface area contributed by atoms with E-state index in [0.717, 1.165) is 16.6 Å². The van der Waals surface area contributed by atoms with Gasteiger partial charge < -0.3 is 26.2 Å². The maximum Gasteiger partial charge on any atom is 0.151 e. The summed E-state index contributed by atoms with van der Waals surface area (Å²) in [4.78, 5) is 11.2. The predicted octanol–water partition coefficient (Wildman–Crippen LogP) is -0.0379. The first kappa shape index (κ1) is 16.0. The Hall–Kier alpha value is -1.35. The number of aromatic nitrogens is 3. The molecule has 21 heavy (non-hydrogen) atoms. The van der Waals surface area contributed by atoms with Crippen LogP contribution in [-0.4, -0.2) is 56.4 Å². The summed E-state index contributed by atoms with van der Waals surface area (Å²) >= 11 is 1.56. The maximum absolute atomic E-state index is 9.91. The number of anilines is 1. The van der Waals surface area contributed by atoms with Crippen LogP contribution in [0.2, 0.25) is 0 Å². The van der Waals surface area contributed by atoms with E-state index in [0.29, 0.717) is 24.7 Å². The van der Waals surface area contributed by atoms with E-state index in [1.54, 1.807) is 11.8 Å². The van der Waals surface area contributed by atoms with Crippen molar-refractivity contribution in [3.8, 4) is 0 Å². The molecule has 0 bridgehead atoms. The average molecular weight is 311 g/mol. The number of nitrogens with one attached hydrogen (secondary N) is 2. The normalized spacial score (nSPS) is 14.4. The fraction of sp³-hybridized carbons (Fsp3) is 0.538. The van der Waals surface area contributed by atoms with Crippen LogP contribution in [0.4, 0.5) is 5.82 Å². The van der Waals surface area contributed by atoms with Gasteiger partial charge in [-0.15, -0.1) is 0 Å². The Morgan fingerprint density at radius 3 is 3.00 bits per heavy atom. The molecule has 0 aliphatic carbocycles. The van der Waals surface area contributed by atoms with Gasteiger partial charge >= 0.3 is 0 Å². The van der Waals surface area contributed by atoms with Gasteiger partial charge in [-0.25, -0.2) is 9.97 Å². The van der Waals surface area contributed by atoms with Gasteiger partial charge in [-0.1, -0.05) is 0 Å². The van der Waals surface area contributed by atoms with E-state index in [9.17, 15) is 10.2 Å². The highest BCUT2D eigenvalue weighted by molar-refractivity contribution is 7.98. The van der Waals surface area contributed by atoms with Crippen LogP contribution in [0, 0.1) is 5.92 Å². The summed E-state index contributed by atoms with van der Waals surface area (Å²) in [6.07, 6.45) is 4.70. The predicted molar refractivity (Wildman–Crippen MR) is 85.0 cm³/mol. The maximum atomic E-state index is 9.91. The van der Waals surface area contributed by atoms with Gasteiger partial charge in [-0.3, -0.25) is 0 Å². The number of nitrogen functional groups attached to an aromatic ring is 1. The molecule has 1 unspecified atom stereocenters. The van der Waals surface area contributed by atoms with Crippen LogP contribution in [0.3, 0.4) is 0 Å². The molecule has 0 aliphatic heterocycles. The number of fused-ring (bicyclic) bond motifs is 1. The molecule has 0 saturated carbocycles. The lowest BCUT2D eigenvalue weighted by atomic mass is 10.1. The minimum atomic E-state index is -0.515. The third-order valence-corrected chi connectivity index (χ3v) is 4.08. The second kappa shape index (κ2) is 7.60. The third kappa shape index (κ3) is 3.85. The number of hydrogen-bond acceptors (Lipinski definition) is 7. The molecular weight excluding hydrogens is 290 g/mol. The Balaban J connectivity index is 1.94. The van der Waals surface area contributed by atoms with Gasteiger partial charge in [0.15, 0.2) is 5.82 Å². The Morgan fingerprint density at radius 1 is 1.48 bits per heavy atom. The molecular formula is C13H21N5O2S. The molecule has 0 spiro atoms. The molecule has 2 aromatic rings. The van der Waals surface area contributed by atoms with Crippen molar-refractivity contribution in [1.82, 2.24) is 20.3 Å². The standard InChI is InChI=1S/C13H21N5O2S/c1-21-6-10(20)9(5-19)3-15-2-8-4-16-12-11(8)17-7-18-13(12)14/h4,7,9-10,15-16,19-20H,2-3,5-6H2,1H3,(H2,14,17,18)/t9?,10-/m0/s1. The summed E-state index contributed by atoms with van der Waals surface area (Å²) < 4.78 is 0. The number of aliphatic hydroxyl groups excluding tert-OH is 2. The van der Waals surface area contributed by atoms with Crippen molar-refractivity contribution in [3.63, 3.8) is 0 Å². The number of nitrogens with two attached hydrogens (primary N) is 1. The largest absolute Gasteiger partial charge is 0.396 e. The van der Waals surface area contributed by atoms with E-state index in [2.05, 4.69) is 20.3 Å². The van der Waals surface area contributed by atoms with Crippen molar-refractivity contribution >= 4 is 28.6 Å². The minimum absolute atomic E-state index is 0.0439. The van der Waals surface area contributed by atoms with Crippen molar-refractivity contribution in [2.24, 2.45) is 5.92 Å². The summed E-state index contributed by atoms with van der Waals surface area (Å²) in [7, 11) is 0. The highest BCUT2D eigenvalue weighted by Crippen LogP contribution is 2.18. The molecule has 7 nitrogen and oxygen atoms in total. The van der Waals surface area contributed by atoms with Gasteiger partial charge in [0.05, 0.1) is 11.6 Å². The summed E-state index contributed by atoms with van der Waals surface area (Å²) in [5.74, 6) is 0.862. The van der Waals surface area contributed by atoms with Crippen LogP contribution in [0.5, 0.6) is 0 Å². The number of aliphatic hydroxyl groups is 2.